The molecule has 0 aliphatic heterocycles. The number of hydrogen-bond donors (Lipinski definition) is 0. The average Bonchev–Trinajstić information content (AvgIpc) is 2.80. The third-order valence-corrected chi connectivity index (χ3v) is 3.16. The van der Waals surface area contributed by atoms with E-state index >= 15 is 0 Å². The molecule has 2 aromatic rings. The van der Waals surface area contributed by atoms with Gasteiger partial charge in [0.2, 0.25) is 0 Å². The van der Waals surface area contributed by atoms with Gasteiger partial charge in [0.05, 0.1) is 6.61 Å². The van der Waals surface area contributed by atoms with E-state index in [-0.39, 0.29) is 5.97 Å². The van der Waals surface area contributed by atoms with Crippen LogP contribution in [0.3, 0.4) is 0 Å². The van der Waals surface area contributed by atoms with E-state index in [0.29, 0.717) is 11.5 Å². The monoisotopic (exact) mass is 233 g/mol. The van der Waals surface area contributed by atoms with Crippen LogP contribution in [-0.2, 0) is 4.74 Å². The van der Waals surface area contributed by atoms with Crippen LogP contribution in [0.15, 0.2) is 36.7 Å². The van der Waals surface area contributed by atoms with Crippen LogP contribution in [0.2, 0.25) is 0 Å². The number of esters is 1. The second-order valence-electron chi connectivity index (χ2n) is 3.12. The normalized spacial score (nSPS) is 10.1. The zero-order chi connectivity index (χ0) is 11.4. The molecule has 0 aromatic carbocycles. The van der Waals surface area contributed by atoms with Gasteiger partial charge >= 0.3 is 5.97 Å². The Kier molecular flexibility index (Phi) is 3.31. The predicted molar refractivity (Wildman–Crippen MR) is 63.5 cm³/mol. The number of rotatable bonds is 3. The van der Waals surface area contributed by atoms with Crippen molar-refractivity contribution >= 4 is 17.3 Å². The van der Waals surface area contributed by atoms with Crippen molar-refractivity contribution in [3.8, 4) is 10.4 Å². The molecule has 16 heavy (non-hydrogen) atoms. The van der Waals surface area contributed by atoms with Gasteiger partial charge < -0.3 is 4.74 Å². The molecule has 0 spiro atoms. The molecule has 0 bridgehead atoms. The summed E-state index contributed by atoms with van der Waals surface area (Å²) in [6, 6.07) is 7.55. The van der Waals surface area contributed by atoms with Crippen LogP contribution in [-0.4, -0.2) is 17.6 Å². The number of pyridine rings is 1. The lowest BCUT2D eigenvalue weighted by atomic mass is 10.2. The van der Waals surface area contributed by atoms with Crippen molar-refractivity contribution in [3.05, 3.63) is 41.5 Å². The van der Waals surface area contributed by atoms with Crippen molar-refractivity contribution in [2.45, 2.75) is 6.92 Å². The van der Waals surface area contributed by atoms with Crippen molar-refractivity contribution < 1.29 is 9.53 Å². The molecule has 2 heterocycles. The van der Waals surface area contributed by atoms with E-state index in [1.807, 2.05) is 18.2 Å². The zero-order valence-electron chi connectivity index (χ0n) is 8.84. The van der Waals surface area contributed by atoms with Gasteiger partial charge in [-0.15, -0.1) is 11.3 Å². The van der Waals surface area contributed by atoms with E-state index in [0.717, 1.165) is 10.4 Å². The van der Waals surface area contributed by atoms with Crippen LogP contribution in [0.5, 0.6) is 0 Å². The van der Waals surface area contributed by atoms with Gasteiger partial charge in [-0.3, -0.25) is 4.98 Å². The standard InChI is InChI=1S/C12H11NO2S/c1-2-15-12(14)11-4-3-10(16-11)9-5-7-13-8-6-9/h3-8H,2H2,1H3. The number of hydrogen-bond acceptors (Lipinski definition) is 4. The SMILES string of the molecule is CCOC(=O)c1ccc(-c2ccncc2)s1. The first kappa shape index (κ1) is 10.8. The molecular weight excluding hydrogens is 222 g/mol. The first-order chi connectivity index (χ1) is 7.81. The van der Waals surface area contributed by atoms with E-state index in [4.69, 9.17) is 4.74 Å². The Labute approximate surface area is 97.7 Å². The minimum absolute atomic E-state index is 0.257. The minimum atomic E-state index is -0.257. The van der Waals surface area contributed by atoms with E-state index in [9.17, 15) is 4.79 Å². The first-order valence-corrected chi connectivity index (χ1v) is 5.80. The van der Waals surface area contributed by atoms with Gasteiger partial charge in [-0.05, 0) is 36.8 Å². The number of aromatic nitrogens is 1. The van der Waals surface area contributed by atoms with E-state index in [1.165, 1.54) is 11.3 Å². The van der Waals surface area contributed by atoms with Crippen LogP contribution in [0.4, 0.5) is 0 Å². The molecule has 0 aliphatic rings. The smallest absolute Gasteiger partial charge is 0.348 e. The Morgan fingerprint density at radius 1 is 1.31 bits per heavy atom. The molecule has 0 amide bonds. The predicted octanol–water partition coefficient (Wildman–Crippen LogP) is 2.99. The molecule has 0 fully saturated rings. The highest BCUT2D eigenvalue weighted by molar-refractivity contribution is 7.17. The van der Waals surface area contributed by atoms with Gasteiger partial charge in [0, 0.05) is 17.3 Å². The van der Waals surface area contributed by atoms with Gasteiger partial charge in [0.15, 0.2) is 0 Å². The Balaban J connectivity index is 2.23. The van der Waals surface area contributed by atoms with E-state index < -0.39 is 0 Å². The maximum atomic E-state index is 11.5. The lowest BCUT2D eigenvalue weighted by molar-refractivity contribution is 0.0532. The van der Waals surface area contributed by atoms with Crippen molar-refractivity contribution in [2.24, 2.45) is 0 Å². The van der Waals surface area contributed by atoms with Crippen molar-refractivity contribution in [1.29, 1.82) is 0 Å². The van der Waals surface area contributed by atoms with Gasteiger partial charge in [-0.25, -0.2) is 4.79 Å². The molecule has 0 saturated heterocycles. The molecule has 82 valence electrons. The molecule has 0 saturated carbocycles. The second-order valence-corrected chi connectivity index (χ2v) is 4.20. The van der Waals surface area contributed by atoms with E-state index in [2.05, 4.69) is 4.98 Å². The molecule has 2 aromatic heterocycles. The molecular formula is C12H11NO2S. The Morgan fingerprint density at radius 2 is 2.06 bits per heavy atom. The van der Waals surface area contributed by atoms with Crippen LogP contribution in [0.25, 0.3) is 10.4 Å². The summed E-state index contributed by atoms with van der Waals surface area (Å²) in [6.07, 6.45) is 3.47. The first-order valence-electron chi connectivity index (χ1n) is 4.98. The summed E-state index contributed by atoms with van der Waals surface area (Å²) >= 11 is 1.43. The molecule has 0 atom stereocenters. The molecule has 0 aliphatic carbocycles. The summed E-state index contributed by atoms with van der Waals surface area (Å²) in [7, 11) is 0. The highest BCUT2D eigenvalue weighted by Crippen LogP contribution is 2.27. The molecule has 3 nitrogen and oxygen atoms in total. The Hall–Kier alpha value is -1.68. The average molecular weight is 233 g/mol. The maximum absolute atomic E-state index is 11.5. The van der Waals surface area contributed by atoms with Gasteiger partial charge in [0.25, 0.3) is 0 Å². The summed E-state index contributed by atoms with van der Waals surface area (Å²) in [4.78, 5) is 17.1. The fourth-order valence-electron chi connectivity index (χ4n) is 1.32. The highest BCUT2D eigenvalue weighted by atomic mass is 32.1. The van der Waals surface area contributed by atoms with Crippen molar-refractivity contribution in [1.82, 2.24) is 4.98 Å². The number of nitrogens with zero attached hydrogens (tertiary/aromatic N) is 1. The zero-order valence-corrected chi connectivity index (χ0v) is 9.66. The Morgan fingerprint density at radius 3 is 2.75 bits per heavy atom. The fraction of sp³-hybridized carbons (Fsp3) is 0.167. The molecule has 0 N–H and O–H groups in total. The second kappa shape index (κ2) is 4.90. The fourth-order valence-corrected chi connectivity index (χ4v) is 2.23. The summed E-state index contributed by atoms with van der Waals surface area (Å²) in [5.41, 5.74) is 1.07. The molecule has 4 heteroatoms. The molecule has 0 unspecified atom stereocenters. The van der Waals surface area contributed by atoms with Crippen LogP contribution in [0, 0.1) is 0 Å². The largest absolute Gasteiger partial charge is 0.462 e. The van der Waals surface area contributed by atoms with Crippen LogP contribution >= 0.6 is 11.3 Å². The Bertz CT molecular complexity index is 479. The third-order valence-electron chi connectivity index (χ3n) is 2.05. The third kappa shape index (κ3) is 2.28. The van der Waals surface area contributed by atoms with Crippen LogP contribution in [0.1, 0.15) is 16.6 Å². The lowest BCUT2D eigenvalue weighted by Gasteiger charge is -1.97. The maximum Gasteiger partial charge on any atom is 0.348 e. The van der Waals surface area contributed by atoms with Crippen molar-refractivity contribution in [2.75, 3.05) is 6.61 Å². The number of carbonyl (C=O) groups is 1. The summed E-state index contributed by atoms with van der Waals surface area (Å²) in [5, 5.41) is 0. The van der Waals surface area contributed by atoms with Gasteiger partial charge in [0.1, 0.15) is 4.88 Å². The van der Waals surface area contributed by atoms with Gasteiger partial charge in [-0.2, -0.15) is 0 Å². The molecule has 0 radical (unpaired) electrons. The van der Waals surface area contributed by atoms with Crippen molar-refractivity contribution in [3.63, 3.8) is 0 Å². The highest BCUT2D eigenvalue weighted by Gasteiger charge is 2.10. The van der Waals surface area contributed by atoms with Gasteiger partial charge in [-0.1, -0.05) is 0 Å². The minimum Gasteiger partial charge on any atom is -0.462 e. The number of thiophene rings is 1. The number of ether oxygens (including phenoxy) is 1. The molecule has 2 rings (SSSR count). The summed E-state index contributed by atoms with van der Waals surface area (Å²) in [6.45, 7) is 2.20. The van der Waals surface area contributed by atoms with Crippen LogP contribution < -0.4 is 0 Å². The topological polar surface area (TPSA) is 39.2 Å². The van der Waals surface area contributed by atoms with E-state index in [1.54, 1.807) is 25.4 Å². The quantitative estimate of drug-likeness (QED) is 0.765. The number of carbonyl (C=O) groups excluding carboxylic acids is 1. The lowest BCUT2D eigenvalue weighted by Crippen LogP contribution is -2.01. The summed E-state index contributed by atoms with van der Waals surface area (Å²) in [5.74, 6) is -0.257. The summed E-state index contributed by atoms with van der Waals surface area (Å²) < 4.78 is 4.94.